The van der Waals surface area contributed by atoms with Crippen molar-refractivity contribution in [2.75, 3.05) is 5.32 Å². The van der Waals surface area contributed by atoms with E-state index in [4.69, 9.17) is 0 Å². The first-order valence-corrected chi connectivity index (χ1v) is 6.79. The van der Waals surface area contributed by atoms with E-state index in [9.17, 15) is 5.11 Å². The minimum Gasteiger partial charge on any atom is -0.508 e. The molecule has 0 bridgehead atoms. The standard InChI is InChI=1S/C17H21NO/c1-3-15(11-14-7-5-4-6-8-14)18-16-10-9-13(2)17(19)12-16/h4-10,12,15,18-19H,3,11H2,1-2H3. The van der Waals surface area contributed by atoms with E-state index in [0.717, 1.165) is 24.1 Å². The summed E-state index contributed by atoms with van der Waals surface area (Å²) in [6.07, 6.45) is 2.04. The average molecular weight is 255 g/mol. The number of anilines is 1. The fraction of sp³-hybridized carbons (Fsp3) is 0.294. The van der Waals surface area contributed by atoms with Gasteiger partial charge in [0, 0.05) is 17.8 Å². The molecule has 0 radical (unpaired) electrons. The zero-order chi connectivity index (χ0) is 13.7. The van der Waals surface area contributed by atoms with Crippen LogP contribution < -0.4 is 5.32 Å². The minimum atomic E-state index is 0.347. The van der Waals surface area contributed by atoms with Crippen LogP contribution in [0, 0.1) is 6.92 Å². The van der Waals surface area contributed by atoms with Gasteiger partial charge in [0.15, 0.2) is 0 Å². The summed E-state index contributed by atoms with van der Waals surface area (Å²) in [7, 11) is 0. The second kappa shape index (κ2) is 6.28. The summed E-state index contributed by atoms with van der Waals surface area (Å²) in [5.41, 5.74) is 3.21. The van der Waals surface area contributed by atoms with Crippen molar-refractivity contribution in [2.24, 2.45) is 0 Å². The number of aryl methyl sites for hydroxylation is 1. The first kappa shape index (κ1) is 13.5. The highest BCUT2D eigenvalue weighted by atomic mass is 16.3. The molecule has 1 unspecified atom stereocenters. The van der Waals surface area contributed by atoms with Crippen molar-refractivity contribution in [3.05, 3.63) is 59.7 Å². The maximum Gasteiger partial charge on any atom is 0.120 e. The van der Waals surface area contributed by atoms with Crippen molar-refractivity contribution in [1.29, 1.82) is 0 Å². The Kier molecular flexibility index (Phi) is 4.45. The van der Waals surface area contributed by atoms with Gasteiger partial charge in [-0.25, -0.2) is 0 Å². The zero-order valence-electron chi connectivity index (χ0n) is 11.6. The van der Waals surface area contributed by atoms with Crippen molar-refractivity contribution in [1.82, 2.24) is 0 Å². The van der Waals surface area contributed by atoms with Crippen LogP contribution in [0.15, 0.2) is 48.5 Å². The molecule has 0 saturated carbocycles. The maximum absolute atomic E-state index is 9.74. The largest absolute Gasteiger partial charge is 0.508 e. The molecule has 2 rings (SSSR count). The van der Waals surface area contributed by atoms with Gasteiger partial charge in [-0.15, -0.1) is 0 Å². The van der Waals surface area contributed by atoms with Crippen LogP contribution in [0.5, 0.6) is 5.75 Å². The summed E-state index contributed by atoms with van der Waals surface area (Å²) < 4.78 is 0. The monoisotopic (exact) mass is 255 g/mol. The topological polar surface area (TPSA) is 32.3 Å². The summed E-state index contributed by atoms with van der Waals surface area (Å²) in [6.45, 7) is 4.08. The van der Waals surface area contributed by atoms with Crippen LogP contribution >= 0.6 is 0 Å². The second-order valence-corrected chi connectivity index (χ2v) is 4.94. The van der Waals surface area contributed by atoms with Crippen LogP contribution in [0.3, 0.4) is 0 Å². The normalized spacial score (nSPS) is 12.1. The smallest absolute Gasteiger partial charge is 0.120 e. The molecule has 0 aliphatic heterocycles. The first-order chi connectivity index (χ1) is 9.19. The van der Waals surface area contributed by atoms with E-state index in [0.29, 0.717) is 11.8 Å². The Morgan fingerprint density at radius 1 is 1.11 bits per heavy atom. The van der Waals surface area contributed by atoms with Gasteiger partial charge in [-0.3, -0.25) is 0 Å². The van der Waals surface area contributed by atoms with Gasteiger partial charge < -0.3 is 10.4 Å². The average Bonchev–Trinajstić information content (AvgIpc) is 2.43. The van der Waals surface area contributed by atoms with Crippen molar-refractivity contribution in [3.8, 4) is 5.75 Å². The van der Waals surface area contributed by atoms with Crippen LogP contribution in [-0.2, 0) is 6.42 Å². The van der Waals surface area contributed by atoms with Crippen molar-refractivity contribution in [3.63, 3.8) is 0 Å². The van der Waals surface area contributed by atoms with E-state index in [1.54, 1.807) is 6.07 Å². The van der Waals surface area contributed by atoms with Gasteiger partial charge in [0.2, 0.25) is 0 Å². The third kappa shape index (κ3) is 3.75. The van der Waals surface area contributed by atoms with Gasteiger partial charge in [-0.1, -0.05) is 43.3 Å². The van der Waals surface area contributed by atoms with Crippen molar-refractivity contribution < 1.29 is 5.11 Å². The Balaban J connectivity index is 2.04. The molecule has 19 heavy (non-hydrogen) atoms. The molecule has 2 aromatic carbocycles. The summed E-state index contributed by atoms with van der Waals surface area (Å²) >= 11 is 0. The quantitative estimate of drug-likeness (QED) is 0.841. The number of phenolic OH excluding ortho intramolecular Hbond substituents is 1. The molecule has 0 spiro atoms. The third-order valence-electron chi connectivity index (χ3n) is 3.40. The number of hydrogen-bond donors (Lipinski definition) is 2. The molecule has 0 aromatic heterocycles. The maximum atomic E-state index is 9.74. The Bertz CT molecular complexity index is 522. The van der Waals surface area contributed by atoms with E-state index in [-0.39, 0.29) is 0 Å². The van der Waals surface area contributed by atoms with Crippen LogP contribution in [0.25, 0.3) is 0 Å². The molecule has 2 N–H and O–H groups in total. The van der Waals surface area contributed by atoms with Gasteiger partial charge in [0.1, 0.15) is 5.75 Å². The fourth-order valence-electron chi connectivity index (χ4n) is 2.13. The molecule has 0 aliphatic carbocycles. The highest BCUT2D eigenvalue weighted by Gasteiger charge is 2.08. The van der Waals surface area contributed by atoms with E-state index in [1.807, 2.05) is 25.1 Å². The summed E-state index contributed by atoms with van der Waals surface area (Å²) in [5, 5.41) is 13.2. The molecule has 0 aliphatic rings. The predicted octanol–water partition coefficient (Wildman–Crippen LogP) is 4.13. The Morgan fingerprint density at radius 2 is 1.84 bits per heavy atom. The van der Waals surface area contributed by atoms with Crippen LogP contribution in [-0.4, -0.2) is 11.1 Å². The molecule has 0 saturated heterocycles. The number of nitrogens with one attached hydrogen (secondary N) is 1. The highest BCUT2D eigenvalue weighted by Crippen LogP contribution is 2.22. The number of aromatic hydroxyl groups is 1. The fourth-order valence-corrected chi connectivity index (χ4v) is 2.13. The lowest BCUT2D eigenvalue weighted by molar-refractivity contribution is 0.471. The van der Waals surface area contributed by atoms with Gasteiger partial charge in [0.05, 0.1) is 0 Å². The van der Waals surface area contributed by atoms with Gasteiger partial charge >= 0.3 is 0 Å². The van der Waals surface area contributed by atoms with Crippen LogP contribution in [0.2, 0.25) is 0 Å². The highest BCUT2D eigenvalue weighted by molar-refractivity contribution is 5.51. The second-order valence-electron chi connectivity index (χ2n) is 4.94. The molecule has 0 heterocycles. The lowest BCUT2D eigenvalue weighted by atomic mass is 10.0. The van der Waals surface area contributed by atoms with E-state index >= 15 is 0 Å². The SMILES string of the molecule is CCC(Cc1ccccc1)Nc1ccc(C)c(O)c1. The number of hydrogen-bond acceptors (Lipinski definition) is 2. The molecular weight excluding hydrogens is 234 g/mol. The molecule has 0 amide bonds. The molecule has 1 atom stereocenters. The summed E-state index contributed by atoms with van der Waals surface area (Å²) in [5.74, 6) is 0.347. The molecule has 2 heteroatoms. The first-order valence-electron chi connectivity index (χ1n) is 6.79. The zero-order valence-corrected chi connectivity index (χ0v) is 11.6. The summed E-state index contributed by atoms with van der Waals surface area (Å²) in [4.78, 5) is 0. The third-order valence-corrected chi connectivity index (χ3v) is 3.40. The van der Waals surface area contributed by atoms with Gasteiger partial charge in [-0.2, -0.15) is 0 Å². The van der Waals surface area contributed by atoms with Gasteiger partial charge in [-0.05, 0) is 37.0 Å². The van der Waals surface area contributed by atoms with Crippen LogP contribution in [0.4, 0.5) is 5.69 Å². The molecular formula is C17H21NO. The van der Waals surface area contributed by atoms with Crippen molar-refractivity contribution >= 4 is 5.69 Å². The Labute approximate surface area is 115 Å². The summed E-state index contributed by atoms with van der Waals surface area (Å²) in [6, 6.07) is 16.6. The Morgan fingerprint density at radius 3 is 2.47 bits per heavy atom. The van der Waals surface area contributed by atoms with Gasteiger partial charge in [0.25, 0.3) is 0 Å². The molecule has 0 fully saturated rings. The minimum absolute atomic E-state index is 0.347. The number of rotatable bonds is 5. The van der Waals surface area contributed by atoms with Crippen LogP contribution in [0.1, 0.15) is 24.5 Å². The molecule has 2 nitrogen and oxygen atoms in total. The lowest BCUT2D eigenvalue weighted by Gasteiger charge is -2.19. The number of phenols is 1. The van der Waals surface area contributed by atoms with Crippen molar-refractivity contribution in [2.45, 2.75) is 32.7 Å². The van der Waals surface area contributed by atoms with E-state index in [1.165, 1.54) is 5.56 Å². The predicted molar refractivity (Wildman–Crippen MR) is 80.7 cm³/mol. The Hall–Kier alpha value is -1.96. The van der Waals surface area contributed by atoms with E-state index in [2.05, 4.69) is 36.5 Å². The van der Waals surface area contributed by atoms with E-state index < -0.39 is 0 Å². The molecule has 2 aromatic rings. The lowest BCUT2D eigenvalue weighted by Crippen LogP contribution is -2.21. The molecule has 100 valence electrons. The number of benzene rings is 2.